The lowest BCUT2D eigenvalue weighted by atomic mass is 10.2. The van der Waals surface area contributed by atoms with Gasteiger partial charge in [-0.05, 0) is 46.2 Å². The summed E-state index contributed by atoms with van der Waals surface area (Å²) in [6.45, 7) is 8.67. The third kappa shape index (κ3) is 8.14. The molecule has 0 aliphatic heterocycles. The van der Waals surface area contributed by atoms with Crippen molar-refractivity contribution in [1.29, 1.82) is 0 Å². The Morgan fingerprint density at radius 2 is 1.55 bits per heavy atom. The van der Waals surface area contributed by atoms with E-state index in [4.69, 9.17) is 13.2 Å². The van der Waals surface area contributed by atoms with Crippen molar-refractivity contribution in [3.05, 3.63) is 34.4 Å². The van der Waals surface area contributed by atoms with Gasteiger partial charge in [0.1, 0.15) is 0 Å². The molecule has 0 heterocycles. The summed E-state index contributed by atoms with van der Waals surface area (Å²) >= 11 is 0. The van der Waals surface area contributed by atoms with Gasteiger partial charge in [-0.15, -0.1) is 0 Å². The van der Waals surface area contributed by atoms with Gasteiger partial charge in [-0.1, -0.05) is 26.2 Å². The molecule has 1 atom stereocenters. The second kappa shape index (κ2) is 11.2. The number of benzene rings is 1. The zero-order valence-corrected chi connectivity index (χ0v) is 19.1. The monoisotopic (exact) mass is 451 g/mol. The van der Waals surface area contributed by atoms with Gasteiger partial charge in [0.25, 0.3) is 15.8 Å². The highest BCUT2D eigenvalue weighted by molar-refractivity contribution is 7.87. The lowest BCUT2D eigenvalue weighted by Gasteiger charge is -2.29. The Bertz CT molecular complexity index is 794. The van der Waals surface area contributed by atoms with Crippen LogP contribution in [-0.2, 0) is 27.9 Å². The highest BCUT2D eigenvalue weighted by atomic mass is 32.2. The van der Waals surface area contributed by atoms with Crippen LogP contribution >= 0.6 is 7.60 Å². The van der Waals surface area contributed by atoms with Crippen LogP contribution in [0, 0.1) is 10.1 Å². The highest BCUT2D eigenvalue weighted by Gasteiger charge is 2.42. The summed E-state index contributed by atoms with van der Waals surface area (Å²) in [5, 5.41) is 10.8. The van der Waals surface area contributed by atoms with Gasteiger partial charge in [0, 0.05) is 12.1 Å². The van der Waals surface area contributed by atoms with Crippen molar-refractivity contribution in [3.63, 3.8) is 0 Å². The predicted octanol–water partition coefficient (Wildman–Crippen LogP) is 5.25. The van der Waals surface area contributed by atoms with Crippen molar-refractivity contribution in [2.24, 2.45) is 0 Å². The lowest BCUT2D eigenvalue weighted by Crippen LogP contribution is -2.24. The fourth-order valence-corrected chi connectivity index (χ4v) is 6.24. The van der Waals surface area contributed by atoms with E-state index in [1.807, 2.05) is 6.92 Å². The number of rotatable bonds is 13. The Morgan fingerprint density at radius 1 is 1.03 bits per heavy atom. The SMILES string of the molecule is CCCCC[C@H](OS(=O)(=O)c1ccc([N+](=O)[O-])cc1)P(=O)(OC(C)C)OC(C)C. The Labute approximate surface area is 172 Å². The Kier molecular flexibility index (Phi) is 9.91. The van der Waals surface area contributed by atoms with Gasteiger partial charge in [-0.25, -0.2) is 0 Å². The number of non-ortho nitro benzene ring substituents is 1. The van der Waals surface area contributed by atoms with E-state index in [0.717, 1.165) is 37.1 Å². The highest BCUT2D eigenvalue weighted by Crippen LogP contribution is 2.57. The first-order valence-electron chi connectivity index (χ1n) is 9.55. The fraction of sp³-hybridized carbons (Fsp3) is 0.667. The molecular formula is C18H30NO8PS. The van der Waals surface area contributed by atoms with Crippen LogP contribution in [0.15, 0.2) is 29.2 Å². The number of nitro groups is 1. The summed E-state index contributed by atoms with van der Waals surface area (Å²) in [5.41, 5.74) is -0.250. The molecule has 1 aromatic rings. The van der Waals surface area contributed by atoms with Crippen LogP contribution in [0.5, 0.6) is 0 Å². The van der Waals surface area contributed by atoms with E-state index in [-0.39, 0.29) is 17.0 Å². The van der Waals surface area contributed by atoms with Crippen molar-refractivity contribution in [1.82, 2.24) is 0 Å². The average molecular weight is 451 g/mol. The largest absolute Gasteiger partial charge is 0.361 e. The van der Waals surface area contributed by atoms with Crippen molar-refractivity contribution in [2.45, 2.75) is 83.3 Å². The number of nitrogens with zero attached hydrogens (tertiary/aromatic N) is 1. The van der Waals surface area contributed by atoms with Crippen LogP contribution in [0.4, 0.5) is 5.69 Å². The van der Waals surface area contributed by atoms with Crippen LogP contribution in [0.1, 0.15) is 60.3 Å². The van der Waals surface area contributed by atoms with Crippen LogP contribution < -0.4 is 0 Å². The third-order valence-electron chi connectivity index (χ3n) is 3.70. The molecule has 1 aromatic carbocycles. The molecule has 0 unspecified atom stereocenters. The molecule has 0 N–H and O–H groups in total. The standard InChI is InChI=1S/C18H30NO8PS/c1-6-7-8-9-18(28(22,25-14(2)3)26-15(4)5)27-29(23,24)17-12-10-16(11-13-17)19(20)21/h10-15,18H,6-9H2,1-5H3/t18-/m1/s1. The third-order valence-corrected chi connectivity index (χ3v) is 7.67. The molecule has 0 radical (unpaired) electrons. The average Bonchev–Trinajstić information content (AvgIpc) is 2.59. The number of hydrogen-bond acceptors (Lipinski definition) is 8. The molecule has 0 fully saturated rings. The Morgan fingerprint density at radius 3 is 1.97 bits per heavy atom. The van der Waals surface area contributed by atoms with Gasteiger partial charge in [0.15, 0.2) is 5.85 Å². The molecule has 29 heavy (non-hydrogen) atoms. The maximum Gasteiger partial charge on any atom is 0.361 e. The Hall–Kier alpha value is -1.32. The van der Waals surface area contributed by atoms with Gasteiger partial charge >= 0.3 is 7.60 Å². The first-order chi connectivity index (χ1) is 13.4. The first kappa shape index (κ1) is 25.7. The molecule has 0 aliphatic carbocycles. The van der Waals surface area contributed by atoms with Gasteiger partial charge in [-0.3, -0.25) is 18.9 Å². The fourth-order valence-electron chi connectivity index (χ4n) is 2.51. The number of nitro benzene ring substituents is 1. The normalized spacial score (nSPS) is 13.8. The van der Waals surface area contributed by atoms with Crippen molar-refractivity contribution in [2.75, 3.05) is 0 Å². The molecule has 11 heteroatoms. The molecule has 0 spiro atoms. The molecule has 0 amide bonds. The summed E-state index contributed by atoms with van der Waals surface area (Å²) in [6.07, 6.45) is 1.46. The van der Waals surface area contributed by atoms with Gasteiger partial charge in [0.2, 0.25) is 0 Å². The van der Waals surface area contributed by atoms with Gasteiger partial charge in [-0.2, -0.15) is 8.42 Å². The van der Waals surface area contributed by atoms with E-state index in [1.165, 1.54) is 0 Å². The summed E-state index contributed by atoms with van der Waals surface area (Å²) < 4.78 is 55.3. The van der Waals surface area contributed by atoms with Crippen LogP contribution in [0.25, 0.3) is 0 Å². The minimum atomic E-state index is -4.35. The van der Waals surface area contributed by atoms with Crippen molar-refractivity contribution in [3.8, 4) is 0 Å². The van der Waals surface area contributed by atoms with E-state index >= 15 is 0 Å². The quantitative estimate of drug-likeness (QED) is 0.131. The molecule has 9 nitrogen and oxygen atoms in total. The number of hydrogen-bond donors (Lipinski definition) is 0. The maximum absolute atomic E-state index is 13.5. The summed E-state index contributed by atoms with van der Waals surface area (Å²) in [4.78, 5) is 9.87. The van der Waals surface area contributed by atoms with Crippen LogP contribution in [0.3, 0.4) is 0 Å². The van der Waals surface area contributed by atoms with Crippen molar-refractivity contribution < 1.29 is 31.1 Å². The molecule has 0 aliphatic rings. The lowest BCUT2D eigenvalue weighted by molar-refractivity contribution is -0.384. The van der Waals surface area contributed by atoms with E-state index in [9.17, 15) is 23.1 Å². The van der Waals surface area contributed by atoms with E-state index in [0.29, 0.717) is 6.42 Å². The molecule has 0 saturated carbocycles. The molecule has 0 bridgehead atoms. The number of unbranched alkanes of at least 4 members (excludes halogenated alkanes) is 2. The van der Waals surface area contributed by atoms with Gasteiger partial charge < -0.3 is 9.05 Å². The second-order valence-electron chi connectivity index (χ2n) is 7.10. The molecule has 0 aromatic heterocycles. The second-order valence-corrected chi connectivity index (χ2v) is 10.7. The van der Waals surface area contributed by atoms with E-state index in [2.05, 4.69) is 0 Å². The zero-order chi connectivity index (χ0) is 22.2. The van der Waals surface area contributed by atoms with E-state index < -0.39 is 40.7 Å². The summed E-state index contributed by atoms with van der Waals surface area (Å²) in [7, 11) is -8.28. The van der Waals surface area contributed by atoms with Crippen LogP contribution in [0.2, 0.25) is 0 Å². The predicted molar refractivity (Wildman–Crippen MR) is 109 cm³/mol. The smallest absolute Gasteiger partial charge is 0.304 e. The zero-order valence-electron chi connectivity index (χ0n) is 17.4. The minimum Gasteiger partial charge on any atom is -0.304 e. The first-order valence-corrected chi connectivity index (χ1v) is 12.6. The van der Waals surface area contributed by atoms with Gasteiger partial charge in [0.05, 0.1) is 22.0 Å². The van der Waals surface area contributed by atoms with Crippen molar-refractivity contribution >= 4 is 23.4 Å². The summed E-state index contributed by atoms with van der Waals surface area (Å²) in [5.74, 6) is -1.32. The van der Waals surface area contributed by atoms with Crippen LogP contribution in [-0.4, -0.2) is 31.4 Å². The maximum atomic E-state index is 13.5. The Balaban J connectivity index is 3.23. The molecule has 166 valence electrons. The van der Waals surface area contributed by atoms with E-state index in [1.54, 1.807) is 27.7 Å². The molecule has 1 rings (SSSR count). The minimum absolute atomic E-state index is 0.163. The molecule has 0 saturated heterocycles. The molecular weight excluding hydrogens is 421 g/mol. The summed E-state index contributed by atoms with van der Waals surface area (Å²) in [6, 6.07) is 4.29. The topological polar surface area (TPSA) is 122 Å².